The smallest absolute Gasteiger partial charge is 0.253 e. The molecule has 3 heterocycles. The third kappa shape index (κ3) is 5.52. The van der Waals surface area contributed by atoms with E-state index < -0.39 is 29.1 Å². The largest absolute Gasteiger partial charge is 0.396 e. The van der Waals surface area contributed by atoms with Crippen LogP contribution in [-0.2, 0) is 25.7 Å². The molecule has 3 saturated heterocycles. The average molecular weight is 614 g/mol. The molecule has 5 atom stereocenters. The average Bonchev–Trinajstić information content (AvgIpc) is 3.64. The second kappa shape index (κ2) is 13.3. The zero-order chi connectivity index (χ0) is 32.4. The number of carbonyl (C=O) groups excluding carboxylic acids is 3. The van der Waals surface area contributed by atoms with E-state index in [2.05, 4.69) is 13.2 Å². The van der Waals surface area contributed by atoms with Crippen LogP contribution in [0.5, 0.6) is 0 Å². The maximum absolute atomic E-state index is 14.9. The van der Waals surface area contributed by atoms with Crippen molar-refractivity contribution in [2.45, 2.75) is 76.7 Å². The summed E-state index contributed by atoms with van der Waals surface area (Å²) in [5, 5.41) is 9.55. The van der Waals surface area contributed by atoms with Gasteiger partial charge in [-0.05, 0) is 62.6 Å². The van der Waals surface area contributed by atoms with Crippen LogP contribution in [0.3, 0.4) is 0 Å². The van der Waals surface area contributed by atoms with Crippen molar-refractivity contribution in [2.24, 2.45) is 11.8 Å². The molecule has 2 aromatic rings. The highest BCUT2D eigenvalue weighted by molar-refractivity contribution is 6.05. The first-order valence-electron chi connectivity index (χ1n) is 16.2. The van der Waals surface area contributed by atoms with E-state index in [1.807, 2.05) is 69.3 Å². The molecule has 0 aromatic heterocycles. The number of fused-ring (bicyclic) bond motifs is 1. The Morgan fingerprint density at radius 2 is 1.69 bits per heavy atom. The Bertz CT molecular complexity index is 1420. The van der Waals surface area contributed by atoms with Crippen molar-refractivity contribution in [3.8, 4) is 0 Å². The first kappa shape index (κ1) is 32.6. The fourth-order valence-electron chi connectivity index (χ4n) is 8.20. The Morgan fingerprint density at radius 3 is 2.31 bits per heavy atom. The van der Waals surface area contributed by atoms with Crippen LogP contribution in [0.2, 0.25) is 0 Å². The summed E-state index contributed by atoms with van der Waals surface area (Å²) in [6, 6.07) is 14.8. The van der Waals surface area contributed by atoms with Gasteiger partial charge in [0, 0.05) is 38.5 Å². The molecule has 0 aliphatic carbocycles. The van der Waals surface area contributed by atoms with E-state index in [4.69, 9.17) is 4.74 Å². The molecule has 3 amide bonds. The molecular formula is C37H47N3O5. The molecule has 0 saturated carbocycles. The number of nitrogens with zero attached hydrogens (tertiary/aromatic N) is 3. The van der Waals surface area contributed by atoms with E-state index in [-0.39, 0.29) is 30.9 Å². The van der Waals surface area contributed by atoms with Crippen LogP contribution < -0.4 is 4.90 Å². The van der Waals surface area contributed by atoms with Crippen LogP contribution in [0.4, 0.5) is 5.69 Å². The van der Waals surface area contributed by atoms with E-state index in [0.29, 0.717) is 51.7 Å². The van der Waals surface area contributed by atoms with Gasteiger partial charge in [-0.15, -0.1) is 13.2 Å². The number of unbranched alkanes of at least 4 members (excludes halogenated alkanes) is 1. The van der Waals surface area contributed by atoms with Crippen LogP contribution in [0.15, 0.2) is 73.8 Å². The molecule has 3 fully saturated rings. The second-order valence-corrected chi connectivity index (χ2v) is 12.8. The van der Waals surface area contributed by atoms with Crippen LogP contribution in [0.25, 0.3) is 0 Å². The van der Waals surface area contributed by atoms with Crippen molar-refractivity contribution in [1.29, 1.82) is 0 Å². The number of para-hydroxylation sites is 1. The predicted molar refractivity (Wildman–Crippen MR) is 175 cm³/mol. The number of likely N-dealkylation sites (tertiary alicyclic amines) is 1. The zero-order valence-electron chi connectivity index (χ0n) is 26.9. The lowest BCUT2D eigenvalue weighted by Gasteiger charge is -2.37. The van der Waals surface area contributed by atoms with Crippen LogP contribution >= 0.6 is 0 Å². The minimum atomic E-state index is -1.13. The highest BCUT2D eigenvalue weighted by atomic mass is 16.5. The molecule has 3 aliphatic heterocycles. The molecule has 1 N–H and O–H groups in total. The third-order valence-corrected chi connectivity index (χ3v) is 10.2. The summed E-state index contributed by atoms with van der Waals surface area (Å²) in [6.45, 7) is 15.1. The first-order chi connectivity index (χ1) is 21.7. The van der Waals surface area contributed by atoms with Crippen LogP contribution in [0, 0.1) is 25.7 Å². The van der Waals surface area contributed by atoms with Crippen LogP contribution in [0.1, 0.15) is 55.7 Å². The lowest BCUT2D eigenvalue weighted by Crippen LogP contribution is -2.57. The highest BCUT2D eigenvalue weighted by Gasteiger charge is 2.79. The van der Waals surface area contributed by atoms with Gasteiger partial charge in [-0.3, -0.25) is 14.4 Å². The normalized spacial score (nSPS) is 26.5. The van der Waals surface area contributed by atoms with Crippen molar-refractivity contribution in [3.05, 3.63) is 90.5 Å². The van der Waals surface area contributed by atoms with Crippen molar-refractivity contribution in [1.82, 2.24) is 9.80 Å². The number of amides is 3. The fraction of sp³-hybridized carbons (Fsp3) is 0.486. The third-order valence-electron chi connectivity index (χ3n) is 10.2. The Kier molecular flexibility index (Phi) is 9.65. The summed E-state index contributed by atoms with van der Waals surface area (Å²) in [5.41, 5.74) is 1.71. The lowest BCUT2D eigenvalue weighted by molar-refractivity contribution is -0.151. The SMILES string of the molecule is C=CCN(Cc1ccccc1)C(=O)[C@H]1[C@H]2C(=O)N(CCCCO)C(C(=O)N(CC=C)c3c(C)cccc3C)C23CC[C@]1(CC)O3. The van der Waals surface area contributed by atoms with E-state index >= 15 is 0 Å². The van der Waals surface area contributed by atoms with E-state index in [9.17, 15) is 19.5 Å². The number of anilines is 1. The number of aliphatic hydroxyl groups excluding tert-OH is 1. The topological polar surface area (TPSA) is 90.4 Å². The molecule has 2 unspecified atom stereocenters. The molecule has 1 spiro atoms. The van der Waals surface area contributed by atoms with Gasteiger partial charge in [-0.25, -0.2) is 0 Å². The van der Waals surface area contributed by atoms with Crippen molar-refractivity contribution < 1.29 is 24.2 Å². The summed E-state index contributed by atoms with van der Waals surface area (Å²) in [5.74, 6) is -2.08. The fourth-order valence-corrected chi connectivity index (χ4v) is 8.20. The monoisotopic (exact) mass is 613 g/mol. The summed E-state index contributed by atoms with van der Waals surface area (Å²) in [4.78, 5) is 49.4. The van der Waals surface area contributed by atoms with Gasteiger partial charge in [-0.2, -0.15) is 0 Å². The molecule has 0 radical (unpaired) electrons. The highest BCUT2D eigenvalue weighted by Crippen LogP contribution is 2.64. The second-order valence-electron chi connectivity index (χ2n) is 12.8. The first-order valence-corrected chi connectivity index (χ1v) is 16.2. The van der Waals surface area contributed by atoms with Gasteiger partial charge in [0.1, 0.15) is 11.6 Å². The van der Waals surface area contributed by atoms with Crippen molar-refractivity contribution in [3.63, 3.8) is 0 Å². The Hall–Kier alpha value is -3.75. The minimum Gasteiger partial charge on any atom is -0.396 e. The Labute approximate surface area is 267 Å². The number of aliphatic hydroxyl groups is 1. The molecule has 240 valence electrons. The van der Waals surface area contributed by atoms with Gasteiger partial charge in [0.25, 0.3) is 5.91 Å². The molecular weight excluding hydrogens is 566 g/mol. The number of carbonyl (C=O) groups is 3. The van der Waals surface area contributed by atoms with Gasteiger partial charge in [-0.1, -0.05) is 67.6 Å². The van der Waals surface area contributed by atoms with Crippen molar-refractivity contribution in [2.75, 3.05) is 31.1 Å². The quantitative estimate of drug-likeness (QED) is 0.240. The molecule has 45 heavy (non-hydrogen) atoms. The summed E-state index contributed by atoms with van der Waals surface area (Å²) < 4.78 is 7.04. The summed E-state index contributed by atoms with van der Waals surface area (Å²) >= 11 is 0. The van der Waals surface area contributed by atoms with Crippen LogP contribution in [-0.4, -0.2) is 76.1 Å². The molecule has 2 bridgehead atoms. The van der Waals surface area contributed by atoms with E-state index in [0.717, 1.165) is 22.4 Å². The number of benzene rings is 2. The van der Waals surface area contributed by atoms with Gasteiger partial charge >= 0.3 is 0 Å². The standard InChI is InChI=1S/C37H47N3O5/c1-6-21-38(25-28-17-10-9-11-18-28)33(42)29-30-34(43)40(23-12-13-24-41)32(37(30)20-19-36(29,8-3)45-37)35(44)39(22-7-2)31-26(4)15-14-16-27(31)5/h6-7,9-11,14-18,29-30,32,41H,1-2,8,12-13,19-25H2,3-5H3/t29-,30+,32?,36+,37?/m1/s1. The lowest BCUT2D eigenvalue weighted by atomic mass is 9.64. The number of aryl methyl sites for hydroxylation is 2. The summed E-state index contributed by atoms with van der Waals surface area (Å²) in [7, 11) is 0. The van der Waals surface area contributed by atoms with Gasteiger partial charge in [0.15, 0.2) is 0 Å². The number of ether oxygens (including phenoxy) is 1. The summed E-state index contributed by atoms with van der Waals surface area (Å²) in [6.07, 6.45) is 6.12. The van der Waals surface area contributed by atoms with Gasteiger partial charge in [0.05, 0.1) is 17.4 Å². The maximum atomic E-state index is 14.9. The maximum Gasteiger partial charge on any atom is 0.253 e. The Morgan fingerprint density at radius 1 is 1.00 bits per heavy atom. The zero-order valence-corrected chi connectivity index (χ0v) is 26.9. The Balaban J connectivity index is 1.59. The molecule has 5 rings (SSSR count). The van der Waals surface area contributed by atoms with E-state index in [1.165, 1.54) is 0 Å². The molecule has 8 nitrogen and oxygen atoms in total. The van der Waals surface area contributed by atoms with Gasteiger partial charge < -0.3 is 24.5 Å². The minimum absolute atomic E-state index is 0.00718. The predicted octanol–water partition coefficient (Wildman–Crippen LogP) is 4.96. The van der Waals surface area contributed by atoms with E-state index in [1.54, 1.807) is 26.9 Å². The molecule has 2 aromatic carbocycles. The van der Waals surface area contributed by atoms with Crippen molar-refractivity contribution >= 4 is 23.4 Å². The number of hydrogen-bond donors (Lipinski definition) is 1. The van der Waals surface area contributed by atoms with Gasteiger partial charge in [0.2, 0.25) is 11.8 Å². The number of hydrogen-bond acceptors (Lipinski definition) is 5. The molecule has 8 heteroatoms. The number of rotatable bonds is 14. The molecule has 3 aliphatic rings.